The Morgan fingerprint density at radius 2 is 2.05 bits per heavy atom. The molecule has 1 aromatic rings. The fourth-order valence-electron chi connectivity index (χ4n) is 2.24. The third-order valence-corrected chi connectivity index (χ3v) is 3.39. The van der Waals surface area contributed by atoms with Gasteiger partial charge in [0.2, 0.25) is 0 Å². The van der Waals surface area contributed by atoms with Crippen molar-refractivity contribution >= 4 is 5.91 Å². The molecule has 1 amide bonds. The highest BCUT2D eigenvalue weighted by atomic mass is 19.1. The van der Waals surface area contributed by atoms with E-state index in [-0.39, 0.29) is 17.4 Å². The minimum atomic E-state index is -0.705. The number of aromatic hydroxyl groups is 1. The third kappa shape index (κ3) is 3.70. The van der Waals surface area contributed by atoms with Crippen LogP contribution in [0.3, 0.4) is 0 Å². The molecule has 0 radical (unpaired) electrons. The van der Waals surface area contributed by atoms with Gasteiger partial charge in [-0.3, -0.25) is 4.79 Å². The van der Waals surface area contributed by atoms with E-state index in [0.717, 1.165) is 12.8 Å². The van der Waals surface area contributed by atoms with E-state index >= 15 is 0 Å². The molecule has 0 saturated carbocycles. The van der Waals surface area contributed by atoms with E-state index in [9.17, 15) is 14.3 Å². The predicted molar refractivity (Wildman–Crippen MR) is 75.3 cm³/mol. The van der Waals surface area contributed by atoms with Gasteiger partial charge in [-0.05, 0) is 25.0 Å². The first-order valence-electron chi connectivity index (χ1n) is 6.84. The first kappa shape index (κ1) is 16.4. The molecular weight excluding hydrogens is 261 g/mol. The van der Waals surface area contributed by atoms with Crippen molar-refractivity contribution in [1.29, 1.82) is 0 Å². The van der Waals surface area contributed by atoms with Gasteiger partial charge in [-0.2, -0.15) is 0 Å². The number of benzene rings is 1. The van der Waals surface area contributed by atoms with Crippen molar-refractivity contribution < 1.29 is 19.0 Å². The van der Waals surface area contributed by atoms with Crippen LogP contribution in [-0.4, -0.2) is 42.2 Å². The fraction of sp³-hybridized carbons (Fsp3) is 0.533. The molecule has 1 N–H and O–H groups in total. The van der Waals surface area contributed by atoms with E-state index in [4.69, 9.17) is 4.74 Å². The van der Waals surface area contributed by atoms with E-state index in [1.807, 2.05) is 13.8 Å². The Bertz CT molecular complexity index is 426. The number of carbonyl (C=O) groups is 1. The summed E-state index contributed by atoms with van der Waals surface area (Å²) < 4.78 is 18.8. The Hall–Kier alpha value is -1.62. The Labute approximate surface area is 119 Å². The van der Waals surface area contributed by atoms with Crippen molar-refractivity contribution in [1.82, 2.24) is 4.90 Å². The van der Waals surface area contributed by atoms with Crippen molar-refractivity contribution in [3.8, 4) is 5.75 Å². The van der Waals surface area contributed by atoms with Crippen LogP contribution in [-0.2, 0) is 4.74 Å². The highest BCUT2D eigenvalue weighted by Gasteiger charge is 2.26. The number of nitrogens with zero attached hydrogens (tertiary/aromatic N) is 1. The normalized spacial score (nSPS) is 10.8. The van der Waals surface area contributed by atoms with Crippen molar-refractivity contribution in [2.24, 2.45) is 0 Å². The summed E-state index contributed by atoms with van der Waals surface area (Å²) in [6.07, 6.45) is 1.53. The fourth-order valence-corrected chi connectivity index (χ4v) is 2.24. The number of phenolic OH excluding ortho intramolecular Hbond substituents is 1. The lowest BCUT2D eigenvalue weighted by Gasteiger charge is -2.30. The van der Waals surface area contributed by atoms with Crippen LogP contribution in [0.1, 0.15) is 37.0 Å². The number of halogens is 1. The van der Waals surface area contributed by atoms with Gasteiger partial charge in [0.05, 0.1) is 6.61 Å². The summed E-state index contributed by atoms with van der Waals surface area (Å²) in [6, 6.07) is 3.86. The van der Waals surface area contributed by atoms with Crippen LogP contribution in [0.2, 0.25) is 0 Å². The first-order chi connectivity index (χ1) is 9.56. The second-order valence-corrected chi connectivity index (χ2v) is 4.60. The molecule has 112 valence electrons. The Balaban J connectivity index is 3.09. The molecule has 0 spiro atoms. The molecule has 5 heteroatoms. The lowest BCUT2D eigenvalue weighted by Crippen LogP contribution is -2.42. The summed E-state index contributed by atoms with van der Waals surface area (Å²) in [6.45, 7) is 4.69. The molecule has 0 aliphatic carbocycles. The van der Waals surface area contributed by atoms with Crippen LogP contribution < -0.4 is 0 Å². The van der Waals surface area contributed by atoms with Crippen LogP contribution in [0.4, 0.5) is 4.39 Å². The molecule has 0 atom stereocenters. The van der Waals surface area contributed by atoms with E-state index in [2.05, 4.69) is 0 Å². The van der Waals surface area contributed by atoms with Crippen LogP contribution in [0.5, 0.6) is 5.75 Å². The molecule has 0 aromatic heterocycles. The number of methoxy groups -OCH3 is 1. The second kappa shape index (κ2) is 7.85. The Morgan fingerprint density at radius 3 is 2.55 bits per heavy atom. The number of hydrogen-bond acceptors (Lipinski definition) is 3. The molecule has 0 bridgehead atoms. The Morgan fingerprint density at radius 1 is 1.40 bits per heavy atom. The minimum absolute atomic E-state index is 0.00310. The van der Waals surface area contributed by atoms with Crippen molar-refractivity contribution in [3.63, 3.8) is 0 Å². The molecular formula is C15H22FNO3. The van der Waals surface area contributed by atoms with Gasteiger partial charge in [0, 0.05) is 19.7 Å². The number of rotatable bonds is 7. The second-order valence-electron chi connectivity index (χ2n) is 4.60. The third-order valence-electron chi connectivity index (χ3n) is 3.39. The van der Waals surface area contributed by atoms with Gasteiger partial charge in [-0.1, -0.05) is 19.9 Å². The summed E-state index contributed by atoms with van der Waals surface area (Å²) in [7, 11) is 1.55. The standard InChI is InChI=1S/C15H22FNO3/c1-4-11(5-2)17(9-10-20-3)15(19)14-12(16)7-6-8-13(14)18/h6-8,11,18H,4-5,9-10H2,1-3H3. The summed E-state index contributed by atoms with van der Waals surface area (Å²) in [5.74, 6) is -1.53. The zero-order chi connectivity index (χ0) is 15.1. The molecule has 0 saturated heterocycles. The topological polar surface area (TPSA) is 49.8 Å². The summed E-state index contributed by atoms with van der Waals surface area (Å²) in [4.78, 5) is 14.1. The van der Waals surface area contributed by atoms with Gasteiger partial charge in [0.1, 0.15) is 17.1 Å². The Kier molecular flexibility index (Phi) is 6.45. The lowest BCUT2D eigenvalue weighted by atomic mass is 10.1. The lowest BCUT2D eigenvalue weighted by molar-refractivity contribution is 0.0582. The largest absolute Gasteiger partial charge is 0.507 e. The molecule has 0 fully saturated rings. The van der Waals surface area contributed by atoms with E-state index < -0.39 is 11.7 Å². The number of ether oxygens (including phenoxy) is 1. The molecule has 20 heavy (non-hydrogen) atoms. The van der Waals surface area contributed by atoms with E-state index in [1.165, 1.54) is 18.2 Å². The van der Waals surface area contributed by atoms with Crippen molar-refractivity contribution in [3.05, 3.63) is 29.6 Å². The monoisotopic (exact) mass is 283 g/mol. The van der Waals surface area contributed by atoms with Gasteiger partial charge in [-0.15, -0.1) is 0 Å². The van der Waals surface area contributed by atoms with Crippen LogP contribution in [0.15, 0.2) is 18.2 Å². The van der Waals surface area contributed by atoms with Crippen LogP contribution >= 0.6 is 0 Å². The molecule has 4 nitrogen and oxygen atoms in total. The molecule has 0 aliphatic heterocycles. The van der Waals surface area contributed by atoms with Crippen LogP contribution in [0.25, 0.3) is 0 Å². The van der Waals surface area contributed by atoms with Gasteiger partial charge in [0.25, 0.3) is 5.91 Å². The predicted octanol–water partition coefficient (Wildman–Crippen LogP) is 2.81. The number of amides is 1. The average molecular weight is 283 g/mol. The maximum Gasteiger partial charge on any atom is 0.260 e. The number of hydrogen-bond donors (Lipinski definition) is 1. The molecule has 1 rings (SSSR count). The maximum atomic E-state index is 13.8. The zero-order valence-corrected chi connectivity index (χ0v) is 12.2. The van der Waals surface area contributed by atoms with Gasteiger partial charge in [0.15, 0.2) is 0 Å². The maximum absolute atomic E-state index is 13.8. The van der Waals surface area contributed by atoms with E-state index in [0.29, 0.717) is 13.2 Å². The summed E-state index contributed by atoms with van der Waals surface area (Å²) >= 11 is 0. The first-order valence-corrected chi connectivity index (χ1v) is 6.84. The van der Waals surface area contributed by atoms with Crippen molar-refractivity contribution in [2.45, 2.75) is 32.7 Å². The molecule has 1 aromatic carbocycles. The smallest absolute Gasteiger partial charge is 0.260 e. The van der Waals surface area contributed by atoms with Gasteiger partial charge in [-0.25, -0.2) is 4.39 Å². The van der Waals surface area contributed by atoms with Gasteiger partial charge < -0.3 is 14.7 Å². The van der Waals surface area contributed by atoms with Gasteiger partial charge >= 0.3 is 0 Å². The number of phenols is 1. The highest BCUT2D eigenvalue weighted by molar-refractivity contribution is 5.97. The zero-order valence-electron chi connectivity index (χ0n) is 12.2. The quantitative estimate of drug-likeness (QED) is 0.837. The molecule has 0 heterocycles. The van der Waals surface area contributed by atoms with Crippen molar-refractivity contribution in [2.75, 3.05) is 20.3 Å². The summed E-state index contributed by atoms with van der Waals surface area (Å²) in [5, 5.41) is 9.74. The van der Waals surface area contributed by atoms with Crippen LogP contribution in [0, 0.1) is 5.82 Å². The SMILES string of the molecule is CCC(CC)N(CCOC)C(=O)c1c(O)cccc1F. The molecule has 0 aliphatic rings. The highest BCUT2D eigenvalue weighted by Crippen LogP contribution is 2.23. The minimum Gasteiger partial charge on any atom is -0.507 e. The van der Waals surface area contributed by atoms with E-state index in [1.54, 1.807) is 12.0 Å². The average Bonchev–Trinajstić information content (AvgIpc) is 2.43. The summed E-state index contributed by atoms with van der Waals surface area (Å²) in [5.41, 5.74) is -0.268. The molecule has 0 unspecified atom stereocenters. The number of carbonyl (C=O) groups excluding carboxylic acids is 1.